The van der Waals surface area contributed by atoms with Crippen molar-refractivity contribution >= 4 is 5.91 Å². The first-order chi connectivity index (χ1) is 9.67. The highest BCUT2D eigenvalue weighted by Crippen LogP contribution is 2.32. The van der Waals surface area contributed by atoms with Crippen LogP contribution in [0.4, 0.5) is 26.3 Å². The second-order valence-corrected chi connectivity index (χ2v) is 4.92. The van der Waals surface area contributed by atoms with Gasteiger partial charge < -0.3 is 4.90 Å². The largest absolute Gasteiger partial charge is 0.406 e. The molecule has 0 N–H and O–H groups in total. The number of halogens is 6. The van der Waals surface area contributed by atoms with Crippen molar-refractivity contribution in [1.82, 2.24) is 4.90 Å². The maximum absolute atomic E-state index is 13.7. The predicted octanol–water partition coefficient (Wildman–Crippen LogP) is 3.37. The average Bonchev–Trinajstić information content (AvgIpc) is 2.35. The van der Waals surface area contributed by atoms with Gasteiger partial charge in [0.05, 0.1) is 0 Å². The minimum Gasteiger partial charge on any atom is -0.333 e. The second-order valence-electron chi connectivity index (χ2n) is 4.92. The molecule has 1 aliphatic rings. The number of likely N-dealkylation sites (tertiary alicyclic amines) is 1. The fourth-order valence-corrected chi connectivity index (χ4v) is 2.41. The van der Waals surface area contributed by atoms with Crippen molar-refractivity contribution in [2.24, 2.45) is 0 Å². The van der Waals surface area contributed by atoms with Crippen LogP contribution in [-0.2, 0) is 4.79 Å². The molecule has 1 amide bonds. The maximum atomic E-state index is 13.7. The van der Waals surface area contributed by atoms with Crippen molar-refractivity contribution in [2.75, 3.05) is 13.1 Å². The molecule has 2 rings (SSSR count). The van der Waals surface area contributed by atoms with Crippen molar-refractivity contribution in [3.8, 4) is 0 Å². The molecule has 21 heavy (non-hydrogen) atoms. The van der Waals surface area contributed by atoms with E-state index in [4.69, 9.17) is 0 Å². The van der Waals surface area contributed by atoms with Crippen LogP contribution in [0.15, 0.2) is 12.1 Å². The summed E-state index contributed by atoms with van der Waals surface area (Å²) in [5, 5.41) is 0. The monoisotopic (exact) mass is 311 g/mol. The molecule has 1 unspecified atom stereocenters. The number of carbonyl (C=O) groups is 1. The van der Waals surface area contributed by atoms with Gasteiger partial charge in [-0.15, -0.1) is 0 Å². The van der Waals surface area contributed by atoms with Crippen LogP contribution < -0.4 is 0 Å². The Morgan fingerprint density at radius 2 is 1.86 bits per heavy atom. The molecule has 1 fully saturated rings. The number of rotatable bonds is 2. The number of nitrogens with zero attached hydrogens (tertiary/aromatic N) is 1. The molecule has 0 spiro atoms. The molecule has 8 heteroatoms. The zero-order chi connectivity index (χ0) is 15.8. The Kier molecular flexibility index (Phi) is 4.15. The summed E-state index contributed by atoms with van der Waals surface area (Å²) >= 11 is 0. The van der Waals surface area contributed by atoms with E-state index in [1.54, 1.807) is 0 Å². The Morgan fingerprint density at radius 1 is 1.19 bits per heavy atom. The molecule has 0 bridgehead atoms. The number of piperidine rings is 1. The molecule has 0 radical (unpaired) electrons. The van der Waals surface area contributed by atoms with E-state index >= 15 is 0 Å². The summed E-state index contributed by atoms with van der Waals surface area (Å²) in [6.07, 6.45) is -4.76. The van der Waals surface area contributed by atoms with Crippen LogP contribution in [0, 0.1) is 17.5 Å². The summed E-state index contributed by atoms with van der Waals surface area (Å²) < 4.78 is 77.1. The molecule has 1 atom stereocenters. The van der Waals surface area contributed by atoms with E-state index in [2.05, 4.69) is 0 Å². The third kappa shape index (κ3) is 3.68. The lowest BCUT2D eigenvalue weighted by atomic mass is 9.89. The fraction of sp³-hybridized carbons (Fsp3) is 0.462. The summed E-state index contributed by atoms with van der Waals surface area (Å²) in [5.41, 5.74) is -0.341. The molecule has 1 aromatic carbocycles. The standard InChI is InChI=1S/C13H11F6NO/c14-8-3-9(12(16)10(15)4-8)7-1-2-11(21)20(5-7)6-13(17,18)19/h3-4,7H,1-2,5-6H2. The van der Waals surface area contributed by atoms with Crippen LogP contribution in [0.3, 0.4) is 0 Å². The first-order valence-electron chi connectivity index (χ1n) is 6.16. The van der Waals surface area contributed by atoms with Gasteiger partial charge in [-0.2, -0.15) is 13.2 Å². The van der Waals surface area contributed by atoms with Gasteiger partial charge in [0, 0.05) is 24.9 Å². The lowest BCUT2D eigenvalue weighted by molar-refractivity contribution is -0.164. The van der Waals surface area contributed by atoms with Crippen LogP contribution in [0.25, 0.3) is 0 Å². The van der Waals surface area contributed by atoms with Crippen molar-refractivity contribution in [3.63, 3.8) is 0 Å². The van der Waals surface area contributed by atoms with Crippen LogP contribution >= 0.6 is 0 Å². The molecule has 0 aliphatic carbocycles. The summed E-state index contributed by atoms with van der Waals surface area (Å²) in [6.45, 7) is -1.88. The van der Waals surface area contributed by atoms with Gasteiger partial charge in [0.15, 0.2) is 11.6 Å². The van der Waals surface area contributed by atoms with Gasteiger partial charge in [-0.05, 0) is 18.1 Å². The van der Waals surface area contributed by atoms with E-state index in [0.29, 0.717) is 11.0 Å². The van der Waals surface area contributed by atoms with Gasteiger partial charge in [-0.25, -0.2) is 13.2 Å². The van der Waals surface area contributed by atoms with Crippen molar-refractivity contribution in [1.29, 1.82) is 0 Å². The highest BCUT2D eigenvalue weighted by molar-refractivity contribution is 5.77. The minimum atomic E-state index is -4.58. The number of hydrogen-bond acceptors (Lipinski definition) is 1. The summed E-state index contributed by atoms with van der Waals surface area (Å²) in [5.74, 6) is -5.27. The molecule has 1 aliphatic heterocycles. The zero-order valence-corrected chi connectivity index (χ0v) is 10.7. The van der Waals surface area contributed by atoms with E-state index < -0.39 is 48.5 Å². The molecule has 1 aromatic rings. The molecule has 0 saturated carbocycles. The lowest BCUT2D eigenvalue weighted by Gasteiger charge is -2.33. The Labute approximate surface area is 116 Å². The molecule has 1 heterocycles. The van der Waals surface area contributed by atoms with Crippen molar-refractivity contribution in [2.45, 2.75) is 24.9 Å². The van der Waals surface area contributed by atoms with Gasteiger partial charge in [-0.1, -0.05) is 0 Å². The summed E-state index contributed by atoms with van der Waals surface area (Å²) in [7, 11) is 0. The number of amides is 1. The SMILES string of the molecule is O=C1CCC(c2cc(F)cc(F)c2F)CN1CC(F)(F)F. The Morgan fingerprint density at radius 3 is 2.48 bits per heavy atom. The molecule has 2 nitrogen and oxygen atoms in total. The van der Waals surface area contributed by atoms with Gasteiger partial charge >= 0.3 is 6.18 Å². The van der Waals surface area contributed by atoms with Gasteiger partial charge in [-0.3, -0.25) is 4.79 Å². The van der Waals surface area contributed by atoms with Crippen molar-refractivity contribution < 1.29 is 31.1 Å². The highest BCUT2D eigenvalue weighted by Gasteiger charge is 2.37. The van der Waals surface area contributed by atoms with E-state index in [1.807, 2.05) is 0 Å². The van der Waals surface area contributed by atoms with Gasteiger partial charge in [0.1, 0.15) is 12.4 Å². The van der Waals surface area contributed by atoms with E-state index in [9.17, 15) is 31.1 Å². The first kappa shape index (κ1) is 15.7. The first-order valence-corrected chi connectivity index (χ1v) is 6.16. The lowest BCUT2D eigenvalue weighted by Crippen LogP contribution is -2.44. The number of carbonyl (C=O) groups excluding carboxylic acids is 1. The number of hydrogen-bond donors (Lipinski definition) is 0. The van der Waals surface area contributed by atoms with Crippen LogP contribution in [0.1, 0.15) is 24.3 Å². The third-order valence-electron chi connectivity index (χ3n) is 3.33. The van der Waals surface area contributed by atoms with Gasteiger partial charge in [0.25, 0.3) is 0 Å². The fourth-order valence-electron chi connectivity index (χ4n) is 2.41. The topological polar surface area (TPSA) is 20.3 Å². The quantitative estimate of drug-likeness (QED) is 0.606. The van der Waals surface area contributed by atoms with Crippen molar-refractivity contribution in [3.05, 3.63) is 35.1 Å². The molecule has 0 aromatic heterocycles. The summed E-state index contributed by atoms with van der Waals surface area (Å²) in [4.78, 5) is 12.0. The molecule has 1 saturated heterocycles. The Balaban J connectivity index is 2.24. The normalized spacial score (nSPS) is 20.0. The zero-order valence-electron chi connectivity index (χ0n) is 10.7. The number of benzene rings is 1. The smallest absolute Gasteiger partial charge is 0.333 e. The second kappa shape index (κ2) is 5.57. The minimum absolute atomic E-state index is 0.0486. The summed E-state index contributed by atoms with van der Waals surface area (Å²) in [6, 6.07) is 1.12. The van der Waals surface area contributed by atoms with Gasteiger partial charge in [0.2, 0.25) is 5.91 Å². The van der Waals surface area contributed by atoms with Crippen LogP contribution in [0.2, 0.25) is 0 Å². The highest BCUT2D eigenvalue weighted by atomic mass is 19.4. The van der Waals surface area contributed by atoms with Crippen LogP contribution in [0.5, 0.6) is 0 Å². The molecular weight excluding hydrogens is 300 g/mol. The maximum Gasteiger partial charge on any atom is 0.406 e. The molecular formula is C13H11F6NO. The third-order valence-corrected chi connectivity index (χ3v) is 3.33. The van der Waals surface area contributed by atoms with E-state index in [-0.39, 0.29) is 18.4 Å². The number of alkyl halides is 3. The van der Waals surface area contributed by atoms with E-state index in [0.717, 1.165) is 6.07 Å². The predicted molar refractivity (Wildman–Crippen MR) is 60.9 cm³/mol. The van der Waals surface area contributed by atoms with Crippen LogP contribution in [-0.4, -0.2) is 30.1 Å². The Bertz CT molecular complexity index is 556. The molecule has 116 valence electrons. The average molecular weight is 311 g/mol. The van der Waals surface area contributed by atoms with E-state index in [1.165, 1.54) is 0 Å². The Hall–Kier alpha value is -1.73.